The van der Waals surface area contributed by atoms with Crippen LogP contribution in [0.5, 0.6) is 0 Å². The number of H-pyrrole nitrogens is 1. The molecule has 9 unspecified atom stereocenters. The van der Waals surface area contributed by atoms with E-state index in [9.17, 15) is 23.7 Å². The van der Waals surface area contributed by atoms with Crippen molar-refractivity contribution in [3.05, 3.63) is 134 Å². The van der Waals surface area contributed by atoms with Crippen LogP contribution in [0.2, 0.25) is 0 Å². The number of carbonyl (C=O) groups excluding carboxylic acids is 1. The minimum atomic E-state index is -5.02. The molecule has 8 fully saturated rings. The van der Waals surface area contributed by atoms with E-state index in [1.165, 1.54) is 52.0 Å². The Balaban J connectivity index is 0.668. The fourth-order valence-electron chi connectivity index (χ4n) is 16.0. The molecule has 9 aliphatic rings. The first-order valence-electron chi connectivity index (χ1n) is 37.0. The quantitative estimate of drug-likeness (QED) is 0.0148. The number of aromatic nitrogens is 12. The van der Waals surface area contributed by atoms with E-state index in [-0.39, 0.29) is 76.8 Å². The number of hydrogen-bond donors (Lipinski definition) is 10. The third-order valence-electron chi connectivity index (χ3n) is 22.2. The SMILES string of the molecule is C=C1N=C(N)C(C)=CN1[C@@H]1O[C@]2(COP(=O)(S)OC3[C@@H]4O[C@@H](C)[C@]3(COP(=O)(S)OC3[C@@H]5O[C@@H](C)[C@]3(COP(=O)(S)OC3C[C@H](n6cc(C)c(N)nc6=O)O[C@@H]3COP(=O)(S)OC3C[C@H](n6cc(C)c(N)nc6=O)O[C@@H]3CC)O[C@H]5n3cnc5c(=O)[nH]c(N)nc53)O[C@H]4n3cnc4c(N)ncnc43)C(OC(=O)OCc3ccccc3)[C@@H]1O[C@H]2C. The van der Waals surface area contributed by atoms with Crippen LogP contribution in [-0.4, -0.2) is 204 Å². The number of aryl methyl sites for hydroxylation is 2. The molecule has 0 amide bonds. The number of aliphatic imine (C=N–C) groups is 1. The summed E-state index contributed by atoms with van der Waals surface area (Å²) in [4.78, 5) is 91.1. The van der Waals surface area contributed by atoms with Gasteiger partial charge in [-0.2, -0.15) is 15.0 Å². The molecule has 0 aliphatic carbocycles. The predicted molar refractivity (Wildman–Crippen MR) is 429 cm³/mol. The van der Waals surface area contributed by atoms with Gasteiger partial charge in [-0.1, -0.05) is 92.8 Å². The van der Waals surface area contributed by atoms with Crippen molar-refractivity contribution in [2.45, 2.75) is 202 Å². The Hall–Kier alpha value is -7.22. The summed E-state index contributed by atoms with van der Waals surface area (Å²) in [7, 11) is 0. The number of carbonyl (C=O) groups is 1. The molecule has 7 aromatic rings. The third kappa shape index (κ3) is 16.1. The Morgan fingerprint density at radius 3 is 1.64 bits per heavy atom. The van der Waals surface area contributed by atoms with Crippen molar-refractivity contribution in [1.82, 2.24) is 63.0 Å². The number of nitrogens with one attached hydrogen (secondary N) is 1. The van der Waals surface area contributed by atoms with Crippen LogP contribution in [0.4, 0.5) is 28.2 Å². The highest BCUT2D eigenvalue weighted by atomic mass is 32.7. The van der Waals surface area contributed by atoms with Crippen molar-refractivity contribution in [3.63, 3.8) is 0 Å². The zero-order chi connectivity index (χ0) is 84.7. The molecule has 642 valence electrons. The lowest BCUT2D eigenvalue weighted by molar-refractivity contribution is -0.220. The minimum absolute atomic E-state index is 0.000386. The van der Waals surface area contributed by atoms with Gasteiger partial charge in [0.2, 0.25) is 5.95 Å². The van der Waals surface area contributed by atoms with Gasteiger partial charge in [-0.05, 0) is 53.5 Å². The van der Waals surface area contributed by atoms with Crippen LogP contribution in [0.3, 0.4) is 0 Å². The van der Waals surface area contributed by atoms with Gasteiger partial charge in [-0.25, -0.2) is 57.6 Å². The van der Waals surface area contributed by atoms with Crippen molar-refractivity contribution in [2.75, 3.05) is 49.4 Å². The molecule has 9 aliphatic heterocycles. The van der Waals surface area contributed by atoms with Gasteiger partial charge in [-0.3, -0.25) is 64.2 Å². The number of nitrogens with zero attached hydrogens (tertiary/aromatic N) is 13. The number of benzene rings is 1. The molecule has 0 spiro atoms. The van der Waals surface area contributed by atoms with Crippen LogP contribution in [0, 0.1) is 13.8 Å². The lowest BCUT2D eigenvalue weighted by atomic mass is 9.94. The highest BCUT2D eigenvalue weighted by Crippen LogP contribution is 2.67. The zero-order valence-electron chi connectivity index (χ0n) is 64.0. The summed E-state index contributed by atoms with van der Waals surface area (Å²) in [6.45, 7) is -6.96. The largest absolute Gasteiger partial charge is 0.509 e. The average Bonchev–Trinajstić information content (AvgIpc) is 1.55. The summed E-state index contributed by atoms with van der Waals surface area (Å²) < 4.78 is 180. The number of amidine groups is 1. The van der Waals surface area contributed by atoms with E-state index in [1.54, 1.807) is 83.0 Å². The van der Waals surface area contributed by atoms with Crippen molar-refractivity contribution >= 4 is 134 Å². The number of thiol groups is 4. The molecule has 8 saturated heterocycles. The van der Waals surface area contributed by atoms with E-state index in [0.29, 0.717) is 28.7 Å². The molecular formula is C66H83N19O26P4S4. The van der Waals surface area contributed by atoms with E-state index in [1.807, 2.05) is 0 Å². The van der Waals surface area contributed by atoms with Crippen molar-refractivity contribution in [2.24, 2.45) is 10.7 Å². The first-order chi connectivity index (χ1) is 56.3. The van der Waals surface area contributed by atoms with Gasteiger partial charge in [0.15, 0.2) is 53.0 Å². The maximum atomic E-state index is 15.7. The molecule has 6 aromatic heterocycles. The number of ether oxygens (including phenoxy) is 10. The molecule has 1 aromatic carbocycles. The first-order valence-corrected chi connectivity index (χ1v) is 47.7. The number of fused-ring (bicyclic) bond motifs is 8. The van der Waals surface area contributed by atoms with Crippen LogP contribution in [0.25, 0.3) is 22.3 Å². The Labute approximate surface area is 695 Å². The summed E-state index contributed by atoms with van der Waals surface area (Å²) in [5, 5.41) is 0. The number of nitrogen functional groups attached to an aromatic ring is 4. The summed E-state index contributed by atoms with van der Waals surface area (Å²) >= 11 is 17.9. The number of hydrogen-bond acceptors (Lipinski definition) is 40. The maximum Gasteiger partial charge on any atom is 0.509 e. The lowest BCUT2D eigenvalue weighted by Crippen LogP contribution is -2.53. The molecule has 0 saturated carbocycles. The summed E-state index contributed by atoms with van der Waals surface area (Å²) in [6.07, 6.45) is -15.1. The van der Waals surface area contributed by atoms with Crippen LogP contribution < -0.4 is 45.6 Å². The standard InChI is InChI=1S/C66H83N19O26P4S4/c1-9-36-37(15-40(102-36)82-18-29(3)51(68)77-61(82)87)108-112(90,116)95-21-39-38(16-41(103-39)83-19-30(4)52(69)78-62(83)88)109-113(91,117)96-23-65-32(6)101-46(59(107-65)85-27-75-43-55(85)79-60(71)80-56(43)86)49(65)111-115(93,119)98-24-66-33(7)100-45(58(106-66)84-26-74-42-53(70)72-25-73-54(42)84)48(66)110-114(92,118)97-22-64-31(5)99-44(57(105-64)81-17-28(2)50(67)76-34(81)8)47(64)104-63(89)94-20-35-13-11-10-12-14-35/h10-14,17-19,25-27,31-33,36-41,44-49,57-59H,8-9,15-16,20-24H2,1-7H3,(H2,67,76)(H,90,116)(H,91,117)(H,92,118)(H,93,119)(H2,68,77,87)(H2,69,78,88)(H2,70,72,73)(H3,71,79,80,86)/t31-,32-,33-,36+,37?,38?,39+,40+,41+,44-,45-,46-,47?,48?,49?,57+,58+,59+,64-,65-,66-,112?,113?,114?,115?/m0/s1. The second kappa shape index (κ2) is 32.2. The molecule has 15 heterocycles. The van der Waals surface area contributed by atoms with Gasteiger partial charge in [0.1, 0.15) is 108 Å². The second-order valence-corrected chi connectivity index (χ2v) is 41.1. The van der Waals surface area contributed by atoms with E-state index >= 15 is 13.7 Å². The Kier molecular flexibility index (Phi) is 23.1. The first kappa shape index (κ1) is 85.3. The Bertz CT molecular complexity index is 5650. The molecule has 45 nitrogen and oxygen atoms in total. The smallest absolute Gasteiger partial charge is 0.429 e. The minimum Gasteiger partial charge on any atom is -0.429 e. The van der Waals surface area contributed by atoms with Gasteiger partial charge in [0.05, 0.1) is 69.6 Å². The highest BCUT2D eigenvalue weighted by molar-refractivity contribution is 8.45. The topological polar surface area (TPSA) is 574 Å². The van der Waals surface area contributed by atoms with Crippen LogP contribution in [-0.2, 0) is 108 Å². The van der Waals surface area contributed by atoms with Gasteiger partial charge in [0, 0.05) is 48.1 Å². The zero-order valence-corrected chi connectivity index (χ0v) is 71.2. The highest BCUT2D eigenvalue weighted by Gasteiger charge is 2.73. The number of nitrogens with two attached hydrogens (primary N) is 5. The number of rotatable bonds is 29. The van der Waals surface area contributed by atoms with E-state index in [0.717, 1.165) is 4.57 Å². The maximum absolute atomic E-state index is 15.7. The molecule has 119 heavy (non-hydrogen) atoms. The Morgan fingerprint density at radius 2 is 1.08 bits per heavy atom. The fraction of sp³-hybridized carbons (Fsp3) is 0.545. The Morgan fingerprint density at radius 1 is 0.597 bits per heavy atom. The van der Waals surface area contributed by atoms with Crippen LogP contribution in [0.1, 0.15) is 95.5 Å². The van der Waals surface area contributed by atoms with Gasteiger partial charge < -0.3 is 80.9 Å². The number of imidazole rings is 2. The second-order valence-electron chi connectivity index (χ2n) is 29.6. The van der Waals surface area contributed by atoms with Gasteiger partial charge >= 0.3 is 44.7 Å². The third-order valence-corrected chi connectivity index (χ3v) is 28.7. The molecule has 25 atom stereocenters. The van der Waals surface area contributed by atoms with Crippen LogP contribution in [0.15, 0.2) is 105 Å². The van der Waals surface area contributed by atoms with E-state index < -0.39 is 204 Å². The molecule has 11 N–H and O–H groups in total. The fourth-order valence-corrected chi connectivity index (χ4v) is 22.1. The average molecular weight is 1810 g/mol. The van der Waals surface area contributed by atoms with Gasteiger partial charge in [-0.15, -0.1) is 0 Å². The lowest BCUT2D eigenvalue weighted by Gasteiger charge is -2.40. The molecule has 53 heteroatoms. The normalized spacial score (nSPS) is 34.0. The van der Waals surface area contributed by atoms with Crippen molar-refractivity contribution in [1.29, 1.82) is 0 Å². The summed E-state index contributed by atoms with van der Waals surface area (Å²) in [5.74, 6) is -0.0192. The summed E-state index contributed by atoms with van der Waals surface area (Å²) in [6, 6.07) is 8.84. The molecular weight excluding hydrogens is 1730 g/mol. The predicted octanol–water partition coefficient (Wildman–Crippen LogP) is 5.92. The van der Waals surface area contributed by atoms with Crippen molar-refractivity contribution in [3.8, 4) is 0 Å². The summed E-state index contributed by atoms with van der Waals surface area (Å²) in [5.41, 5.74) is 24.3. The van der Waals surface area contributed by atoms with E-state index in [4.69, 9.17) is 112 Å². The van der Waals surface area contributed by atoms with E-state index in [2.05, 4.69) is 100 Å². The van der Waals surface area contributed by atoms with Gasteiger partial charge in [0.25, 0.3) is 5.56 Å². The monoisotopic (exact) mass is 1810 g/mol. The number of aromatic amines is 1. The molecule has 0 radical (unpaired) electrons. The molecule has 6 bridgehead atoms. The number of anilines is 4. The molecule has 16 rings (SSSR count). The van der Waals surface area contributed by atoms with Crippen molar-refractivity contribution < 1.29 is 107 Å². The van der Waals surface area contributed by atoms with Crippen LogP contribution >= 0.6 is 76.2 Å².